The summed E-state index contributed by atoms with van der Waals surface area (Å²) in [5.74, 6) is 1.24. The molecule has 0 spiro atoms. The van der Waals surface area contributed by atoms with Gasteiger partial charge in [-0.15, -0.1) is 0 Å². The van der Waals surface area contributed by atoms with Gasteiger partial charge in [-0.05, 0) is 65.2 Å². The number of hydrogen-bond acceptors (Lipinski definition) is 4. The lowest BCUT2D eigenvalue weighted by atomic mass is 10.1. The molecule has 0 aromatic heterocycles. The van der Waals surface area contributed by atoms with Crippen LogP contribution >= 0.6 is 39.1 Å². The lowest BCUT2D eigenvalue weighted by Crippen LogP contribution is -2.42. The van der Waals surface area contributed by atoms with Gasteiger partial charge in [0.25, 0.3) is 0 Å². The molecule has 0 aliphatic heterocycles. The fourth-order valence-electron chi connectivity index (χ4n) is 2.20. The fraction of sp³-hybridized carbons (Fsp3) is 0.368. The van der Waals surface area contributed by atoms with Crippen LogP contribution in [0.5, 0.6) is 11.5 Å². The minimum Gasteiger partial charge on any atom is -0.493 e. The highest BCUT2D eigenvalue weighted by atomic mass is 79.9. The molecule has 0 radical (unpaired) electrons. The van der Waals surface area contributed by atoms with Crippen molar-refractivity contribution in [2.24, 2.45) is 0 Å². The van der Waals surface area contributed by atoms with Gasteiger partial charge in [-0.1, -0.05) is 29.3 Å². The quantitative estimate of drug-likeness (QED) is 0.565. The minimum absolute atomic E-state index is 0.0517. The van der Waals surface area contributed by atoms with Crippen molar-refractivity contribution < 1.29 is 14.6 Å². The van der Waals surface area contributed by atoms with E-state index >= 15 is 0 Å². The van der Waals surface area contributed by atoms with Gasteiger partial charge in [0, 0.05) is 12.1 Å². The Morgan fingerprint density at radius 1 is 1.12 bits per heavy atom. The highest BCUT2D eigenvalue weighted by Gasteiger charge is 2.17. The smallest absolute Gasteiger partial charge is 0.175 e. The van der Waals surface area contributed by atoms with Crippen LogP contribution in [-0.4, -0.2) is 24.4 Å². The Bertz CT molecular complexity index is 769. The molecule has 2 aromatic rings. The molecule has 4 nitrogen and oxygen atoms in total. The molecular formula is C19H22BrCl2NO3. The number of aliphatic hydroxyl groups excluding tert-OH is 1. The molecule has 0 heterocycles. The number of halogens is 3. The maximum absolute atomic E-state index is 9.35. The van der Waals surface area contributed by atoms with Crippen LogP contribution in [0.2, 0.25) is 10.0 Å². The number of nitrogens with one attached hydrogen (secondary N) is 1. The third-order valence-corrected chi connectivity index (χ3v) is 5.15. The molecule has 0 unspecified atom stereocenters. The maximum Gasteiger partial charge on any atom is 0.175 e. The Morgan fingerprint density at radius 2 is 1.85 bits per heavy atom. The molecule has 7 heteroatoms. The number of rotatable bonds is 8. The van der Waals surface area contributed by atoms with Gasteiger partial charge in [0.05, 0.1) is 28.2 Å². The van der Waals surface area contributed by atoms with Crippen LogP contribution in [0, 0.1) is 0 Å². The molecule has 0 atom stereocenters. The van der Waals surface area contributed by atoms with Crippen molar-refractivity contribution in [1.29, 1.82) is 0 Å². The first-order valence-corrected chi connectivity index (χ1v) is 9.59. The van der Waals surface area contributed by atoms with E-state index in [0.29, 0.717) is 34.7 Å². The van der Waals surface area contributed by atoms with E-state index in [9.17, 15) is 5.11 Å². The number of aliphatic hydroxyl groups is 1. The summed E-state index contributed by atoms with van der Waals surface area (Å²) in [6.45, 7) is 4.86. The SMILES string of the molecule is COc1cc(CNC(C)(C)CO)cc(Br)c1OCc1ccc(Cl)c(Cl)c1. The standard InChI is InChI=1S/C19H22BrCl2NO3/c1-19(2,11-24)23-9-13-6-14(20)18(17(8-13)25-3)26-10-12-4-5-15(21)16(22)7-12/h4-8,23-24H,9-11H2,1-3H3. The molecule has 0 amide bonds. The Labute approximate surface area is 172 Å². The normalized spacial score (nSPS) is 11.5. The zero-order valence-corrected chi connectivity index (χ0v) is 18.0. The molecule has 142 valence electrons. The van der Waals surface area contributed by atoms with Crippen LogP contribution in [0.15, 0.2) is 34.8 Å². The largest absolute Gasteiger partial charge is 0.493 e. The van der Waals surface area contributed by atoms with Gasteiger partial charge >= 0.3 is 0 Å². The van der Waals surface area contributed by atoms with Gasteiger partial charge in [0.15, 0.2) is 11.5 Å². The Hall–Kier alpha value is -0.980. The highest BCUT2D eigenvalue weighted by molar-refractivity contribution is 9.10. The van der Waals surface area contributed by atoms with Crippen LogP contribution in [0.25, 0.3) is 0 Å². The lowest BCUT2D eigenvalue weighted by Gasteiger charge is -2.24. The fourth-order valence-corrected chi connectivity index (χ4v) is 3.12. The average Bonchev–Trinajstić information content (AvgIpc) is 2.61. The summed E-state index contributed by atoms with van der Waals surface area (Å²) in [7, 11) is 1.60. The summed E-state index contributed by atoms with van der Waals surface area (Å²) in [5, 5.41) is 13.7. The van der Waals surface area contributed by atoms with Crippen molar-refractivity contribution in [2.75, 3.05) is 13.7 Å². The second-order valence-corrected chi connectivity index (χ2v) is 8.21. The van der Waals surface area contributed by atoms with Crippen LogP contribution in [0.1, 0.15) is 25.0 Å². The molecule has 0 saturated carbocycles. The van der Waals surface area contributed by atoms with Crippen molar-refractivity contribution in [3.8, 4) is 11.5 Å². The molecule has 0 aliphatic carbocycles. The van der Waals surface area contributed by atoms with Crippen LogP contribution < -0.4 is 14.8 Å². The first kappa shape index (κ1) is 21.3. The van der Waals surface area contributed by atoms with Crippen LogP contribution in [0.3, 0.4) is 0 Å². The van der Waals surface area contributed by atoms with Gasteiger partial charge < -0.3 is 19.9 Å². The predicted octanol–water partition coefficient (Wildman–Crippen LogP) is 5.20. The summed E-state index contributed by atoms with van der Waals surface area (Å²) in [6.07, 6.45) is 0. The van der Waals surface area contributed by atoms with Crippen molar-refractivity contribution in [2.45, 2.75) is 32.5 Å². The second kappa shape index (κ2) is 9.29. The zero-order chi connectivity index (χ0) is 19.3. The van der Waals surface area contributed by atoms with Crippen molar-refractivity contribution in [3.63, 3.8) is 0 Å². The Morgan fingerprint density at radius 3 is 2.46 bits per heavy atom. The average molecular weight is 463 g/mol. The van der Waals surface area contributed by atoms with E-state index < -0.39 is 0 Å². The molecule has 0 saturated heterocycles. The minimum atomic E-state index is -0.358. The zero-order valence-electron chi connectivity index (χ0n) is 14.9. The lowest BCUT2D eigenvalue weighted by molar-refractivity contribution is 0.187. The van der Waals surface area contributed by atoms with Crippen molar-refractivity contribution in [3.05, 3.63) is 56.0 Å². The third-order valence-electron chi connectivity index (χ3n) is 3.82. The van der Waals surface area contributed by atoms with Crippen molar-refractivity contribution >= 4 is 39.1 Å². The number of ether oxygens (including phenoxy) is 2. The van der Waals surface area contributed by atoms with Crippen LogP contribution in [-0.2, 0) is 13.2 Å². The van der Waals surface area contributed by atoms with E-state index in [2.05, 4.69) is 21.2 Å². The molecular weight excluding hydrogens is 441 g/mol. The summed E-state index contributed by atoms with van der Waals surface area (Å²) >= 11 is 15.5. The van der Waals surface area contributed by atoms with E-state index in [4.69, 9.17) is 32.7 Å². The van der Waals surface area contributed by atoms with Crippen LogP contribution in [0.4, 0.5) is 0 Å². The molecule has 26 heavy (non-hydrogen) atoms. The first-order valence-electron chi connectivity index (χ1n) is 8.05. The monoisotopic (exact) mass is 461 g/mol. The van der Waals surface area contributed by atoms with E-state index in [0.717, 1.165) is 15.6 Å². The predicted molar refractivity (Wildman–Crippen MR) is 109 cm³/mol. The number of benzene rings is 2. The third kappa shape index (κ3) is 5.76. The highest BCUT2D eigenvalue weighted by Crippen LogP contribution is 2.37. The first-order chi connectivity index (χ1) is 12.3. The summed E-state index contributed by atoms with van der Waals surface area (Å²) < 4.78 is 12.2. The molecule has 2 aromatic carbocycles. The molecule has 2 rings (SSSR count). The van der Waals surface area contributed by atoms with Gasteiger partial charge in [-0.25, -0.2) is 0 Å². The van der Waals surface area contributed by atoms with Gasteiger partial charge in [-0.2, -0.15) is 0 Å². The molecule has 0 bridgehead atoms. The summed E-state index contributed by atoms with van der Waals surface area (Å²) in [6, 6.07) is 9.26. The molecule has 2 N–H and O–H groups in total. The summed E-state index contributed by atoms with van der Waals surface area (Å²) in [4.78, 5) is 0. The van der Waals surface area contributed by atoms with Gasteiger partial charge in [-0.3, -0.25) is 0 Å². The summed E-state index contributed by atoms with van der Waals surface area (Å²) in [5.41, 5.74) is 1.56. The molecule has 0 aliphatic rings. The Kier molecular flexibility index (Phi) is 7.62. The second-order valence-electron chi connectivity index (χ2n) is 6.54. The topological polar surface area (TPSA) is 50.7 Å². The van der Waals surface area contributed by atoms with Crippen molar-refractivity contribution in [1.82, 2.24) is 5.32 Å². The van der Waals surface area contributed by atoms with E-state index in [1.807, 2.05) is 32.0 Å². The van der Waals surface area contributed by atoms with E-state index in [1.165, 1.54) is 0 Å². The van der Waals surface area contributed by atoms with Gasteiger partial charge in [0.1, 0.15) is 6.61 Å². The Balaban J connectivity index is 2.14. The van der Waals surface area contributed by atoms with Gasteiger partial charge in [0.2, 0.25) is 0 Å². The number of hydrogen-bond donors (Lipinski definition) is 2. The number of methoxy groups -OCH3 is 1. The maximum atomic E-state index is 9.35. The van der Waals surface area contributed by atoms with E-state index in [-0.39, 0.29) is 12.1 Å². The molecule has 0 fully saturated rings. The van der Waals surface area contributed by atoms with E-state index in [1.54, 1.807) is 19.2 Å².